The minimum Gasteiger partial charge on any atom is -0.444 e. The Morgan fingerprint density at radius 2 is 1.90 bits per heavy atom. The molecule has 0 atom stereocenters. The van der Waals surface area contributed by atoms with Crippen molar-refractivity contribution in [2.24, 2.45) is 5.92 Å². The predicted octanol–water partition coefficient (Wildman–Crippen LogP) is 3.58. The van der Waals surface area contributed by atoms with E-state index in [1.165, 1.54) is 12.8 Å². The van der Waals surface area contributed by atoms with Gasteiger partial charge in [-0.1, -0.05) is 15.9 Å². The highest BCUT2D eigenvalue weighted by atomic mass is 79.9. The lowest BCUT2D eigenvalue weighted by Gasteiger charge is -2.41. The molecule has 1 saturated heterocycles. The number of carbonyl (C=O) groups excluding carboxylic acids is 1. The van der Waals surface area contributed by atoms with Gasteiger partial charge in [-0.15, -0.1) is 0 Å². The molecule has 1 amide bonds. The van der Waals surface area contributed by atoms with Crippen molar-refractivity contribution in [1.29, 1.82) is 0 Å². The van der Waals surface area contributed by atoms with Crippen molar-refractivity contribution in [2.45, 2.75) is 57.7 Å². The molecule has 2 aliphatic rings. The molecule has 1 saturated carbocycles. The van der Waals surface area contributed by atoms with Gasteiger partial charge >= 0.3 is 6.09 Å². The molecule has 0 aromatic rings. The number of likely N-dealkylation sites (tertiary alicyclic amines) is 1. The molecule has 2 rings (SSSR count). The predicted molar refractivity (Wildman–Crippen MR) is 82.2 cm³/mol. The van der Waals surface area contributed by atoms with E-state index in [0.29, 0.717) is 13.1 Å². The molecule has 116 valence electrons. The average Bonchev–Trinajstić information content (AvgIpc) is 3.19. The van der Waals surface area contributed by atoms with Gasteiger partial charge in [0.25, 0.3) is 0 Å². The first kappa shape index (κ1) is 16.1. The van der Waals surface area contributed by atoms with Crippen LogP contribution in [0.5, 0.6) is 0 Å². The van der Waals surface area contributed by atoms with Crippen LogP contribution in [0.25, 0.3) is 0 Å². The van der Waals surface area contributed by atoms with E-state index < -0.39 is 5.60 Å². The highest BCUT2D eigenvalue weighted by Crippen LogP contribution is 2.34. The highest BCUT2D eigenvalue weighted by molar-refractivity contribution is 9.09. The zero-order valence-corrected chi connectivity index (χ0v) is 14.4. The van der Waals surface area contributed by atoms with Gasteiger partial charge in [0, 0.05) is 18.4 Å². The van der Waals surface area contributed by atoms with Crippen molar-refractivity contribution >= 4 is 22.0 Å². The Morgan fingerprint density at radius 3 is 2.35 bits per heavy atom. The molecule has 2 fully saturated rings. The number of nitrogens with zero attached hydrogens (tertiary/aromatic N) is 1. The van der Waals surface area contributed by atoms with Gasteiger partial charge in [0.15, 0.2) is 0 Å². The fourth-order valence-corrected chi connectivity index (χ4v) is 3.04. The van der Waals surface area contributed by atoms with E-state index in [1.54, 1.807) is 4.90 Å². The molecule has 0 radical (unpaired) electrons. The molecule has 1 aliphatic heterocycles. The summed E-state index contributed by atoms with van der Waals surface area (Å²) in [6, 6.07) is 0. The molecule has 5 heteroatoms. The second kappa shape index (κ2) is 6.22. The van der Waals surface area contributed by atoms with E-state index in [4.69, 9.17) is 9.47 Å². The van der Waals surface area contributed by atoms with Crippen LogP contribution in [0, 0.1) is 5.92 Å². The second-order valence-corrected chi connectivity index (χ2v) is 7.60. The Hall–Kier alpha value is -0.290. The third-order valence-electron chi connectivity index (χ3n) is 3.89. The first-order valence-electron chi connectivity index (χ1n) is 7.51. The van der Waals surface area contributed by atoms with Gasteiger partial charge in [-0.3, -0.25) is 0 Å². The van der Waals surface area contributed by atoms with Crippen LogP contribution in [0.3, 0.4) is 0 Å². The van der Waals surface area contributed by atoms with Gasteiger partial charge in [0.05, 0.1) is 12.2 Å². The molecule has 1 aliphatic carbocycles. The van der Waals surface area contributed by atoms with Crippen LogP contribution in [0.2, 0.25) is 0 Å². The van der Waals surface area contributed by atoms with Crippen molar-refractivity contribution < 1.29 is 14.3 Å². The van der Waals surface area contributed by atoms with Crippen LogP contribution in [0.15, 0.2) is 0 Å². The first-order valence-corrected chi connectivity index (χ1v) is 8.64. The van der Waals surface area contributed by atoms with E-state index in [9.17, 15) is 4.79 Å². The second-order valence-electron chi connectivity index (χ2n) is 7.04. The molecule has 4 nitrogen and oxygen atoms in total. The Bertz CT molecular complexity index is 342. The van der Waals surface area contributed by atoms with Crippen LogP contribution in [0.4, 0.5) is 4.79 Å². The number of rotatable bonds is 4. The maximum atomic E-state index is 12.0. The maximum Gasteiger partial charge on any atom is 0.410 e. The number of hydrogen-bond acceptors (Lipinski definition) is 3. The van der Waals surface area contributed by atoms with Crippen molar-refractivity contribution in [3.8, 4) is 0 Å². The number of hydrogen-bond donors (Lipinski definition) is 0. The molecule has 0 spiro atoms. The summed E-state index contributed by atoms with van der Waals surface area (Å²) in [5, 5.41) is 0.842. The molecule has 0 N–H and O–H groups in total. The average molecular weight is 348 g/mol. The third kappa shape index (κ3) is 4.62. The Morgan fingerprint density at radius 1 is 1.30 bits per heavy atom. The molecule has 0 aromatic carbocycles. The summed E-state index contributed by atoms with van der Waals surface area (Å²) in [5.41, 5.74) is -0.523. The van der Waals surface area contributed by atoms with Crippen LogP contribution in [0.1, 0.15) is 46.5 Å². The van der Waals surface area contributed by atoms with Crippen molar-refractivity contribution in [2.75, 3.05) is 25.0 Å². The smallest absolute Gasteiger partial charge is 0.410 e. The summed E-state index contributed by atoms with van der Waals surface area (Å²) < 4.78 is 11.6. The lowest BCUT2D eigenvalue weighted by atomic mass is 9.93. The van der Waals surface area contributed by atoms with Gasteiger partial charge in [0.1, 0.15) is 5.60 Å². The van der Waals surface area contributed by atoms with Gasteiger partial charge in [-0.25, -0.2) is 4.79 Å². The summed E-state index contributed by atoms with van der Waals surface area (Å²) in [6.07, 6.45) is 4.17. The van der Waals surface area contributed by atoms with Crippen molar-refractivity contribution in [3.05, 3.63) is 0 Å². The zero-order valence-electron chi connectivity index (χ0n) is 12.8. The van der Waals surface area contributed by atoms with E-state index >= 15 is 0 Å². The standard InChI is InChI=1S/C15H26BrNO3/c1-14(2,3)20-13(18)17-8-6-15(11-16,7-9-17)19-10-12-4-5-12/h12H,4-11H2,1-3H3. The number of amides is 1. The molecular formula is C15H26BrNO3. The summed E-state index contributed by atoms with van der Waals surface area (Å²) in [5.74, 6) is 0.773. The lowest BCUT2D eigenvalue weighted by Crippen LogP contribution is -2.50. The zero-order chi connectivity index (χ0) is 14.8. The quantitative estimate of drug-likeness (QED) is 0.729. The summed E-state index contributed by atoms with van der Waals surface area (Å²) in [4.78, 5) is 13.8. The van der Waals surface area contributed by atoms with Gasteiger partial charge in [-0.05, 0) is 52.4 Å². The third-order valence-corrected chi connectivity index (χ3v) is 4.91. The lowest BCUT2D eigenvalue weighted by molar-refractivity contribution is -0.0721. The Kier molecular flexibility index (Phi) is 5.00. The Labute approximate surface area is 130 Å². The summed E-state index contributed by atoms with van der Waals surface area (Å²) in [7, 11) is 0. The minimum absolute atomic E-state index is 0.0961. The normalized spacial score (nSPS) is 22.7. The van der Waals surface area contributed by atoms with E-state index in [2.05, 4.69) is 15.9 Å². The molecule has 0 bridgehead atoms. The number of piperidine rings is 1. The molecule has 20 heavy (non-hydrogen) atoms. The number of ether oxygens (including phenoxy) is 2. The SMILES string of the molecule is CC(C)(C)OC(=O)N1CCC(CBr)(OCC2CC2)CC1. The van der Waals surface area contributed by atoms with E-state index in [-0.39, 0.29) is 11.7 Å². The highest BCUT2D eigenvalue weighted by Gasteiger charge is 2.38. The molecule has 0 aromatic heterocycles. The minimum atomic E-state index is -0.427. The van der Waals surface area contributed by atoms with Crippen LogP contribution in [-0.4, -0.2) is 47.2 Å². The summed E-state index contributed by atoms with van der Waals surface area (Å²) in [6.45, 7) is 8.00. The monoisotopic (exact) mass is 347 g/mol. The molecule has 0 unspecified atom stereocenters. The fraction of sp³-hybridized carbons (Fsp3) is 0.933. The summed E-state index contributed by atoms with van der Waals surface area (Å²) >= 11 is 3.58. The molecule has 1 heterocycles. The van der Waals surface area contributed by atoms with Gasteiger partial charge < -0.3 is 14.4 Å². The van der Waals surface area contributed by atoms with E-state index in [1.807, 2.05) is 20.8 Å². The van der Waals surface area contributed by atoms with Crippen LogP contribution >= 0.6 is 15.9 Å². The fourth-order valence-electron chi connectivity index (χ4n) is 2.32. The van der Waals surface area contributed by atoms with Gasteiger partial charge in [-0.2, -0.15) is 0 Å². The van der Waals surface area contributed by atoms with Crippen molar-refractivity contribution in [1.82, 2.24) is 4.90 Å². The number of halogens is 1. The largest absolute Gasteiger partial charge is 0.444 e. The Balaban J connectivity index is 1.81. The molecular weight excluding hydrogens is 322 g/mol. The van der Waals surface area contributed by atoms with Crippen molar-refractivity contribution in [3.63, 3.8) is 0 Å². The maximum absolute atomic E-state index is 12.0. The first-order chi connectivity index (χ1) is 9.34. The van der Waals surface area contributed by atoms with Gasteiger partial charge in [0.2, 0.25) is 0 Å². The number of carbonyl (C=O) groups is 1. The van der Waals surface area contributed by atoms with Crippen LogP contribution in [-0.2, 0) is 9.47 Å². The number of alkyl halides is 1. The topological polar surface area (TPSA) is 38.8 Å². The van der Waals surface area contributed by atoms with Crippen LogP contribution < -0.4 is 0 Å². The van der Waals surface area contributed by atoms with E-state index in [0.717, 1.165) is 30.7 Å².